The minimum absolute atomic E-state index is 0.00779. The van der Waals surface area contributed by atoms with Crippen LogP contribution in [-0.2, 0) is 15.9 Å². The quantitative estimate of drug-likeness (QED) is 0.200. The van der Waals surface area contributed by atoms with E-state index in [1.807, 2.05) is 68.4 Å². The predicted octanol–water partition coefficient (Wildman–Crippen LogP) is 5.80. The lowest BCUT2D eigenvalue weighted by atomic mass is 10.0. The number of hydrogen-bond donors (Lipinski definition) is 2. The summed E-state index contributed by atoms with van der Waals surface area (Å²) in [5, 5.41) is 0. The molecule has 31 heavy (non-hydrogen) atoms. The zero-order valence-corrected chi connectivity index (χ0v) is 18.8. The van der Waals surface area contributed by atoms with Crippen molar-refractivity contribution in [3.8, 4) is 0 Å². The third-order valence-electron chi connectivity index (χ3n) is 4.54. The van der Waals surface area contributed by atoms with E-state index in [4.69, 9.17) is 14.5 Å². The number of hydrogen-bond acceptors (Lipinski definition) is 3. The molecule has 0 aliphatic heterocycles. The fourth-order valence-electron chi connectivity index (χ4n) is 2.85. The maximum atomic E-state index is 12.4. The van der Waals surface area contributed by atoms with E-state index in [1.54, 1.807) is 6.08 Å². The topological polar surface area (TPSA) is 83.8 Å². The van der Waals surface area contributed by atoms with E-state index in [0.717, 1.165) is 35.4 Å². The lowest BCUT2D eigenvalue weighted by molar-refractivity contribution is 0.103. The molecule has 0 bridgehead atoms. The van der Waals surface area contributed by atoms with Crippen LogP contribution in [0.3, 0.4) is 0 Å². The van der Waals surface area contributed by atoms with Gasteiger partial charge in [-0.15, -0.1) is 0 Å². The van der Waals surface area contributed by atoms with Gasteiger partial charge < -0.3 is 14.5 Å². The average molecular weight is 440 g/mol. The van der Waals surface area contributed by atoms with Crippen molar-refractivity contribution in [2.45, 2.75) is 33.3 Å². The van der Waals surface area contributed by atoms with E-state index >= 15 is 0 Å². The molecule has 2 rings (SSSR count). The second kappa shape index (κ2) is 12.3. The van der Waals surface area contributed by atoms with Crippen LogP contribution < -0.4 is 0 Å². The molecular formula is C25H29O5P. The predicted molar refractivity (Wildman–Crippen MR) is 124 cm³/mol. The molecule has 2 aromatic carbocycles. The summed E-state index contributed by atoms with van der Waals surface area (Å²) in [5.74, 6) is 0.906. The van der Waals surface area contributed by atoms with Gasteiger partial charge in [-0.3, -0.25) is 9.36 Å². The summed E-state index contributed by atoms with van der Waals surface area (Å²) in [7, 11) is -4.09. The van der Waals surface area contributed by atoms with Gasteiger partial charge in [-0.25, -0.2) is 0 Å². The average Bonchev–Trinajstić information content (AvgIpc) is 2.73. The molecule has 6 heteroatoms. The van der Waals surface area contributed by atoms with Gasteiger partial charge in [-0.1, -0.05) is 84.0 Å². The first-order valence-corrected chi connectivity index (χ1v) is 11.7. The molecule has 0 unspecified atom stereocenters. The smallest absolute Gasteiger partial charge is 0.349 e. The van der Waals surface area contributed by atoms with Gasteiger partial charge in [0, 0.05) is 16.9 Å². The van der Waals surface area contributed by atoms with Gasteiger partial charge in [0.15, 0.2) is 5.78 Å². The minimum Gasteiger partial charge on any atom is -0.372 e. The molecule has 0 atom stereocenters. The van der Waals surface area contributed by atoms with E-state index in [-0.39, 0.29) is 5.78 Å². The van der Waals surface area contributed by atoms with Crippen molar-refractivity contribution in [3.05, 3.63) is 106 Å². The van der Waals surface area contributed by atoms with Crippen LogP contribution in [0.5, 0.6) is 0 Å². The van der Waals surface area contributed by atoms with Crippen LogP contribution >= 0.6 is 7.60 Å². The number of allylic oxidation sites excluding steroid dienone is 4. The van der Waals surface area contributed by atoms with Gasteiger partial charge >= 0.3 is 7.60 Å². The fourth-order valence-corrected chi connectivity index (χ4v) is 3.16. The third-order valence-corrected chi connectivity index (χ3v) is 5.10. The highest BCUT2D eigenvalue weighted by molar-refractivity contribution is 7.55. The normalized spacial score (nSPS) is 13.0. The lowest BCUT2D eigenvalue weighted by Gasteiger charge is -2.07. The Bertz CT molecular complexity index is 982. The van der Waals surface area contributed by atoms with Crippen molar-refractivity contribution in [2.24, 2.45) is 0 Å². The monoisotopic (exact) mass is 440 g/mol. The number of benzene rings is 2. The van der Waals surface area contributed by atoms with Gasteiger partial charge in [0.05, 0.1) is 13.2 Å². The minimum atomic E-state index is -4.09. The van der Waals surface area contributed by atoms with Gasteiger partial charge in [0.25, 0.3) is 0 Å². The Morgan fingerprint density at radius 2 is 1.61 bits per heavy atom. The Morgan fingerprint density at radius 3 is 2.26 bits per heavy atom. The maximum absolute atomic E-state index is 12.4. The van der Waals surface area contributed by atoms with Crippen molar-refractivity contribution >= 4 is 13.4 Å². The second-order valence-corrected chi connectivity index (χ2v) is 8.89. The van der Waals surface area contributed by atoms with Crippen molar-refractivity contribution in [3.63, 3.8) is 0 Å². The summed E-state index contributed by atoms with van der Waals surface area (Å²) in [4.78, 5) is 30.0. The standard InChI is InChI=1S/C25H29O5P/c1-20(10-7-17-31(27,28)29)8-6-9-21(2)18-30-19-22-13-15-24(16-14-22)25(26)23-11-4-3-5-12-23/h3-5,7,9-17H,6,8,18-19H2,1-2H3,(H2,27,28,29)/b17-7+,20-10+,21-9+. The molecule has 0 amide bonds. The van der Waals surface area contributed by atoms with E-state index in [9.17, 15) is 9.36 Å². The number of ether oxygens (including phenoxy) is 1. The van der Waals surface area contributed by atoms with Crippen LogP contribution in [-0.4, -0.2) is 22.2 Å². The first-order chi connectivity index (χ1) is 14.7. The highest BCUT2D eigenvalue weighted by Gasteiger charge is 2.08. The van der Waals surface area contributed by atoms with Crippen LogP contribution in [0.2, 0.25) is 0 Å². The van der Waals surface area contributed by atoms with Gasteiger partial charge in [0.2, 0.25) is 0 Å². The number of carbonyl (C=O) groups excluding carboxylic acids is 1. The summed E-state index contributed by atoms with van der Waals surface area (Å²) in [6, 6.07) is 16.7. The van der Waals surface area contributed by atoms with Gasteiger partial charge in [-0.2, -0.15) is 0 Å². The zero-order valence-electron chi connectivity index (χ0n) is 17.9. The highest BCUT2D eigenvalue weighted by atomic mass is 31.2. The fraction of sp³-hybridized carbons (Fsp3) is 0.240. The molecule has 0 aromatic heterocycles. The summed E-state index contributed by atoms with van der Waals surface area (Å²) in [5.41, 5.74) is 4.50. The Labute approximate surface area is 183 Å². The summed E-state index contributed by atoms with van der Waals surface area (Å²) >= 11 is 0. The second-order valence-electron chi connectivity index (χ2n) is 7.42. The van der Waals surface area contributed by atoms with Gasteiger partial charge in [0.1, 0.15) is 0 Å². The molecule has 164 valence electrons. The van der Waals surface area contributed by atoms with Crippen LogP contribution in [0, 0.1) is 0 Å². The summed E-state index contributed by atoms with van der Waals surface area (Å²) in [6.07, 6.45) is 6.85. The Kier molecular flexibility index (Phi) is 9.83. The van der Waals surface area contributed by atoms with Crippen molar-refractivity contribution < 1.29 is 23.9 Å². The van der Waals surface area contributed by atoms with Crippen LogP contribution in [0.25, 0.3) is 0 Å². The van der Waals surface area contributed by atoms with Crippen LogP contribution in [0.4, 0.5) is 0 Å². The highest BCUT2D eigenvalue weighted by Crippen LogP contribution is 2.35. The molecule has 2 aromatic rings. The molecule has 0 fully saturated rings. The number of carbonyl (C=O) groups is 1. The molecular weight excluding hydrogens is 411 g/mol. The van der Waals surface area contributed by atoms with E-state index in [0.29, 0.717) is 24.3 Å². The molecule has 0 saturated heterocycles. The number of ketones is 1. The molecule has 0 spiro atoms. The molecule has 5 nitrogen and oxygen atoms in total. The third kappa shape index (κ3) is 9.86. The van der Waals surface area contributed by atoms with Crippen LogP contribution in [0.1, 0.15) is 48.2 Å². The van der Waals surface area contributed by atoms with Crippen molar-refractivity contribution in [1.82, 2.24) is 0 Å². The SMILES string of the molecule is C/C(=C\C=C\P(=O)(O)O)CC/C=C(\C)COCc1ccc(C(=O)c2ccccc2)cc1. The molecule has 0 heterocycles. The Morgan fingerprint density at radius 1 is 0.968 bits per heavy atom. The van der Waals surface area contributed by atoms with Crippen molar-refractivity contribution in [1.29, 1.82) is 0 Å². The van der Waals surface area contributed by atoms with E-state index in [1.165, 1.54) is 6.08 Å². The van der Waals surface area contributed by atoms with Crippen molar-refractivity contribution in [2.75, 3.05) is 6.61 Å². The molecule has 0 saturated carbocycles. The van der Waals surface area contributed by atoms with E-state index in [2.05, 4.69) is 6.08 Å². The summed E-state index contributed by atoms with van der Waals surface area (Å²) < 4.78 is 16.5. The number of rotatable bonds is 11. The Hall–Kier alpha value is -2.56. The molecule has 0 radical (unpaired) electrons. The van der Waals surface area contributed by atoms with Crippen LogP contribution in [0.15, 0.2) is 89.8 Å². The Balaban J connectivity index is 1.74. The maximum Gasteiger partial charge on any atom is 0.349 e. The lowest BCUT2D eigenvalue weighted by Crippen LogP contribution is -2.02. The first kappa shape index (κ1) is 24.7. The first-order valence-electron chi connectivity index (χ1n) is 10.1. The molecule has 0 aliphatic carbocycles. The molecule has 2 N–H and O–H groups in total. The summed E-state index contributed by atoms with van der Waals surface area (Å²) in [6.45, 7) is 4.92. The molecule has 0 aliphatic rings. The zero-order chi connectivity index (χ0) is 22.7. The van der Waals surface area contributed by atoms with Gasteiger partial charge in [-0.05, 0) is 32.3 Å². The largest absolute Gasteiger partial charge is 0.372 e. The van der Waals surface area contributed by atoms with E-state index < -0.39 is 7.60 Å².